The van der Waals surface area contributed by atoms with Gasteiger partial charge in [0, 0.05) is 6.54 Å². The highest BCUT2D eigenvalue weighted by Crippen LogP contribution is 2.24. The summed E-state index contributed by atoms with van der Waals surface area (Å²) in [5, 5.41) is 2.89. The lowest BCUT2D eigenvalue weighted by molar-refractivity contribution is -0.152. The Kier molecular flexibility index (Phi) is 3.17. The highest BCUT2D eigenvalue weighted by Gasteiger charge is 2.42. The van der Waals surface area contributed by atoms with Crippen LogP contribution in [0.4, 0.5) is 0 Å². The first kappa shape index (κ1) is 11.4. The number of amides is 2. The van der Waals surface area contributed by atoms with Gasteiger partial charge in [-0.1, -0.05) is 20.3 Å². The average Bonchev–Trinajstić information content (AvgIpc) is 2.33. The molecule has 2 aliphatic heterocycles. The SMILES string of the molecule is CCC(C)C1NC(=O)C2CCCCN2C1=O. The van der Waals surface area contributed by atoms with Crippen LogP contribution in [0.15, 0.2) is 0 Å². The maximum Gasteiger partial charge on any atom is 0.246 e. The normalized spacial score (nSPS) is 32.0. The third kappa shape index (κ3) is 1.81. The third-order valence-electron chi connectivity index (χ3n) is 3.87. The maximum atomic E-state index is 12.2. The van der Waals surface area contributed by atoms with Crippen molar-refractivity contribution >= 4 is 11.8 Å². The Bertz CT molecular complexity index is 299. The summed E-state index contributed by atoms with van der Waals surface area (Å²) >= 11 is 0. The summed E-state index contributed by atoms with van der Waals surface area (Å²) in [5.41, 5.74) is 0. The number of nitrogens with zero attached hydrogens (tertiary/aromatic N) is 1. The zero-order valence-corrected chi connectivity index (χ0v) is 10.0. The fourth-order valence-corrected chi connectivity index (χ4v) is 2.58. The maximum absolute atomic E-state index is 12.2. The van der Waals surface area contributed by atoms with E-state index in [2.05, 4.69) is 5.32 Å². The molecular formula is C12H20N2O2. The fraction of sp³-hybridized carbons (Fsp3) is 0.833. The van der Waals surface area contributed by atoms with Gasteiger partial charge in [0.1, 0.15) is 12.1 Å². The number of hydrogen-bond donors (Lipinski definition) is 1. The minimum atomic E-state index is -0.299. The van der Waals surface area contributed by atoms with Crippen molar-refractivity contribution < 1.29 is 9.59 Å². The molecule has 0 aromatic heterocycles. The van der Waals surface area contributed by atoms with Crippen molar-refractivity contribution in [2.45, 2.75) is 51.6 Å². The molecule has 0 spiro atoms. The van der Waals surface area contributed by atoms with Crippen molar-refractivity contribution in [1.29, 1.82) is 0 Å². The van der Waals surface area contributed by atoms with Crippen LogP contribution in [-0.4, -0.2) is 35.3 Å². The van der Waals surface area contributed by atoms with Crippen molar-refractivity contribution in [2.75, 3.05) is 6.54 Å². The Morgan fingerprint density at radius 3 is 2.88 bits per heavy atom. The molecule has 2 aliphatic rings. The highest BCUT2D eigenvalue weighted by molar-refractivity contribution is 5.97. The molecule has 2 fully saturated rings. The molecular weight excluding hydrogens is 204 g/mol. The topological polar surface area (TPSA) is 49.4 Å². The van der Waals surface area contributed by atoms with E-state index in [-0.39, 0.29) is 29.8 Å². The summed E-state index contributed by atoms with van der Waals surface area (Å²) in [6, 6.07) is -0.492. The van der Waals surface area contributed by atoms with Gasteiger partial charge in [-0.05, 0) is 25.2 Å². The minimum Gasteiger partial charge on any atom is -0.342 e. The lowest BCUT2D eigenvalue weighted by Crippen LogP contribution is -2.65. The van der Waals surface area contributed by atoms with E-state index in [9.17, 15) is 9.59 Å². The Hall–Kier alpha value is -1.06. The van der Waals surface area contributed by atoms with Gasteiger partial charge >= 0.3 is 0 Å². The predicted octanol–water partition coefficient (Wildman–Crippen LogP) is 0.912. The number of piperidine rings is 1. The van der Waals surface area contributed by atoms with Gasteiger partial charge < -0.3 is 10.2 Å². The van der Waals surface area contributed by atoms with Crippen LogP contribution in [0.25, 0.3) is 0 Å². The quantitative estimate of drug-likeness (QED) is 0.758. The first-order valence-electron chi connectivity index (χ1n) is 6.26. The lowest BCUT2D eigenvalue weighted by atomic mass is 9.91. The van der Waals surface area contributed by atoms with Gasteiger partial charge in [-0.3, -0.25) is 9.59 Å². The number of fused-ring (bicyclic) bond motifs is 1. The summed E-state index contributed by atoms with van der Waals surface area (Å²) < 4.78 is 0. The second-order valence-electron chi connectivity index (χ2n) is 4.92. The lowest BCUT2D eigenvalue weighted by Gasteiger charge is -2.43. The van der Waals surface area contributed by atoms with Gasteiger partial charge in [0.25, 0.3) is 0 Å². The molecule has 4 heteroatoms. The molecule has 0 radical (unpaired) electrons. The van der Waals surface area contributed by atoms with Crippen LogP contribution in [0.5, 0.6) is 0 Å². The number of hydrogen-bond acceptors (Lipinski definition) is 2. The Labute approximate surface area is 96.4 Å². The van der Waals surface area contributed by atoms with E-state index in [4.69, 9.17) is 0 Å². The molecule has 2 amide bonds. The van der Waals surface area contributed by atoms with Gasteiger partial charge in [-0.25, -0.2) is 0 Å². The largest absolute Gasteiger partial charge is 0.342 e. The molecule has 2 rings (SSSR count). The summed E-state index contributed by atoms with van der Waals surface area (Å²) in [7, 11) is 0. The van der Waals surface area contributed by atoms with Crippen LogP contribution in [0.1, 0.15) is 39.5 Å². The zero-order chi connectivity index (χ0) is 11.7. The van der Waals surface area contributed by atoms with Crippen LogP contribution in [-0.2, 0) is 9.59 Å². The van der Waals surface area contributed by atoms with Gasteiger partial charge in [0.15, 0.2) is 0 Å². The summed E-state index contributed by atoms with van der Waals surface area (Å²) in [4.78, 5) is 25.9. The molecule has 0 saturated carbocycles. The Morgan fingerprint density at radius 1 is 1.44 bits per heavy atom. The Morgan fingerprint density at radius 2 is 2.19 bits per heavy atom. The van der Waals surface area contributed by atoms with E-state index in [0.717, 1.165) is 32.2 Å². The predicted molar refractivity (Wildman–Crippen MR) is 60.7 cm³/mol. The molecule has 1 N–H and O–H groups in total. The number of carbonyl (C=O) groups is 2. The summed E-state index contributed by atoms with van der Waals surface area (Å²) in [6.07, 6.45) is 3.82. The van der Waals surface area contributed by atoms with Crippen LogP contribution in [0, 0.1) is 5.92 Å². The molecule has 0 aromatic carbocycles. The number of carbonyl (C=O) groups excluding carboxylic acids is 2. The molecule has 3 unspecified atom stereocenters. The number of rotatable bonds is 2. The fourth-order valence-electron chi connectivity index (χ4n) is 2.58. The minimum absolute atomic E-state index is 0.0459. The number of piperazine rings is 1. The van der Waals surface area contributed by atoms with Crippen molar-refractivity contribution in [3.63, 3.8) is 0 Å². The standard InChI is InChI=1S/C12H20N2O2/c1-3-8(2)10-12(16)14-7-5-4-6-9(14)11(15)13-10/h8-10H,3-7H2,1-2H3,(H,13,15). The molecule has 2 saturated heterocycles. The molecule has 0 bridgehead atoms. The van der Waals surface area contributed by atoms with Crippen LogP contribution < -0.4 is 5.32 Å². The van der Waals surface area contributed by atoms with E-state index in [1.165, 1.54) is 0 Å². The van der Waals surface area contributed by atoms with Crippen LogP contribution >= 0.6 is 0 Å². The Balaban J connectivity index is 2.16. The molecule has 16 heavy (non-hydrogen) atoms. The molecule has 0 aliphatic carbocycles. The highest BCUT2D eigenvalue weighted by atomic mass is 16.2. The van der Waals surface area contributed by atoms with Crippen molar-refractivity contribution in [2.24, 2.45) is 5.92 Å². The first-order chi connectivity index (χ1) is 7.65. The van der Waals surface area contributed by atoms with Crippen molar-refractivity contribution in [3.8, 4) is 0 Å². The zero-order valence-electron chi connectivity index (χ0n) is 10.0. The monoisotopic (exact) mass is 224 g/mol. The molecule has 90 valence electrons. The van der Waals surface area contributed by atoms with E-state index >= 15 is 0 Å². The summed E-state index contributed by atoms with van der Waals surface area (Å²) in [6.45, 7) is 4.82. The second-order valence-corrected chi connectivity index (χ2v) is 4.92. The smallest absolute Gasteiger partial charge is 0.246 e. The van der Waals surface area contributed by atoms with E-state index in [1.54, 1.807) is 4.90 Å². The number of nitrogens with one attached hydrogen (secondary N) is 1. The second kappa shape index (κ2) is 4.44. The summed E-state index contributed by atoms with van der Waals surface area (Å²) in [5.74, 6) is 0.391. The van der Waals surface area contributed by atoms with Gasteiger partial charge in [0.2, 0.25) is 11.8 Å². The van der Waals surface area contributed by atoms with Gasteiger partial charge in [0.05, 0.1) is 0 Å². The van der Waals surface area contributed by atoms with Crippen LogP contribution in [0.2, 0.25) is 0 Å². The molecule has 2 heterocycles. The molecule has 0 aromatic rings. The average molecular weight is 224 g/mol. The van der Waals surface area contributed by atoms with E-state index in [0.29, 0.717) is 0 Å². The first-order valence-corrected chi connectivity index (χ1v) is 6.26. The molecule has 4 nitrogen and oxygen atoms in total. The molecule has 3 atom stereocenters. The van der Waals surface area contributed by atoms with E-state index in [1.807, 2.05) is 13.8 Å². The van der Waals surface area contributed by atoms with Gasteiger partial charge in [-0.2, -0.15) is 0 Å². The van der Waals surface area contributed by atoms with E-state index < -0.39 is 0 Å². The third-order valence-corrected chi connectivity index (χ3v) is 3.87. The van der Waals surface area contributed by atoms with Gasteiger partial charge in [-0.15, -0.1) is 0 Å². The van der Waals surface area contributed by atoms with Crippen molar-refractivity contribution in [1.82, 2.24) is 10.2 Å². The van der Waals surface area contributed by atoms with Crippen LogP contribution in [0.3, 0.4) is 0 Å². The van der Waals surface area contributed by atoms with Crippen molar-refractivity contribution in [3.05, 3.63) is 0 Å².